The monoisotopic (exact) mass is 227 g/mol. The predicted molar refractivity (Wildman–Crippen MR) is 65.9 cm³/mol. The predicted octanol–water partition coefficient (Wildman–Crippen LogP) is 0.387. The molecule has 0 spiro atoms. The van der Waals surface area contributed by atoms with E-state index in [1.807, 2.05) is 35.8 Å². The second kappa shape index (κ2) is 9.59. The van der Waals surface area contributed by atoms with Gasteiger partial charge in [0.25, 0.3) is 0 Å². The van der Waals surface area contributed by atoms with Crippen molar-refractivity contribution in [1.29, 1.82) is 0 Å². The molecule has 1 atom stereocenters. The summed E-state index contributed by atoms with van der Waals surface area (Å²) in [6.45, 7) is 0.640. The molecule has 5 heteroatoms. The molecule has 0 saturated heterocycles. The van der Waals surface area contributed by atoms with Gasteiger partial charge >= 0.3 is 0 Å². The number of carbonyl (C=O) groups is 1. The fourth-order valence-electron chi connectivity index (χ4n) is 0.817. The molecule has 1 aromatic carbocycles. The maximum Gasteiger partial charge on any atom is 0.234 e. The van der Waals surface area contributed by atoms with E-state index < -0.39 is 0 Å². The molecule has 0 radical (unpaired) electrons. The van der Waals surface area contributed by atoms with Crippen molar-refractivity contribution in [3.05, 3.63) is 35.9 Å². The van der Waals surface area contributed by atoms with Crippen LogP contribution in [0.5, 0.6) is 0 Å². The molecular formula is C10H18N3OP. The van der Waals surface area contributed by atoms with Gasteiger partial charge in [-0.25, -0.2) is 5.84 Å². The summed E-state index contributed by atoms with van der Waals surface area (Å²) in [6.07, 6.45) is 1.25. The second-order valence-electron chi connectivity index (χ2n) is 2.80. The molecular weight excluding hydrogens is 209 g/mol. The molecule has 1 unspecified atom stereocenters. The first-order valence-electron chi connectivity index (χ1n) is 4.68. The third-order valence-electron chi connectivity index (χ3n) is 1.61. The zero-order valence-corrected chi connectivity index (χ0v) is 9.80. The molecule has 0 aromatic heterocycles. The van der Waals surface area contributed by atoms with Crippen LogP contribution in [0.3, 0.4) is 0 Å². The highest BCUT2D eigenvalue weighted by Gasteiger charge is 1.90. The lowest BCUT2D eigenvalue weighted by Gasteiger charge is -1.91. The number of amides is 1. The van der Waals surface area contributed by atoms with Gasteiger partial charge in [0.15, 0.2) is 0 Å². The van der Waals surface area contributed by atoms with Gasteiger partial charge in [-0.3, -0.25) is 10.2 Å². The maximum atomic E-state index is 10.2. The van der Waals surface area contributed by atoms with E-state index in [0.29, 0.717) is 13.0 Å². The minimum Gasteiger partial charge on any atom is -0.326 e. The molecule has 0 aliphatic rings. The van der Waals surface area contributed by atoms with Crippen LogP contribution < -0.4 is 17.0 Å². The highest BCUT2D eigenvalue weighted by Crippen LogP contribution is 1.94. The number of hydrazine groups is 1. The fourth-order valence-corrected chi connectivity index (χ4v) is 1.08. The molecule has 84 valence electrons. The molecule has 0 saturated carbocycles. The van der Waals surface area contributed by atoms with Gasteiger partial charge in [0, 0.05) is 13.0 Å². The summed E-state index contributed by atoms with van der Waals surface area (Å²) in [5.74, 6) is 4.63. The highest BCUT2D eigenvalue weighted by molar-refractivity contribution is 7.16. The molecule has 1 amide bonds. The van der Waals surface area contributed by atoms with Crippen LogP contribution in [-0.2, 0) is 11.3 Å². The first-order valence-corrected chi connectivity index (χ1v) is 5.49. The average Bonchev–Trinajstić information content (AvgIpc) is 2.31. The van der Waals surface area contributed by atoms with Crippen LogP contribution in [0, 0.1) is 0 Å². The Hall–Kier alpha value is -0.960. The van der Waals surface area contributed by atoms with Gasteiger partial charge in [-0.05, 0) is 11.7 Å². The summed E-state index contributed by atoms with van der Waals surface area (Å²) >= 11 is 0. The molecule has 1 rings (SSSR count). The van der Waals surface area contributed by atoms with Crippen molar-refractivity contribution in [2.24, 2.45) is 11.6 Å². The van der Waals surface area contributed by atoms with Crippen molar-refractivity contribution in [3.8, 4) is 0 Å². The quantitative estimate of drug-likeness (QED) is 0.302. The molecule has 1 aromatic rings. The van der Waals surface area contributed by atoms with Gasteiger partial charge in [-0.1, -0.05) is 30.3 Å². The van der Waals surface area contributed by atoms with Crippen molar-refractivity contribution < 1.29 is 4.79 Å². The molecule has 5 N–H and O–H groups in total. The van der Waals surface area contributed by atoms with E-state index in [9.17, 15) is 4.79 Å². The third kappa shape index (κ3) is 8.06. The lowest BCUT2D eigenvalue weighted by Crippen LogP contribution is -2.29. The summed E-state index contributed by atoms with van der Waals surface area (Å²) < 4.78 is 0. The zero-order valence-electron chi connectivity index (χ0n) is 8.65. The van der Waals surface area contributed by atoms with Crippen LogP contribution in [0.1, 0.15) is 12.0 Å². The summed E-state index contributed by atoms with van der Waals surface area (Å²) in [4.78, 5) is 10.2. The summed E-state index contributed by atoms with van der Waals surface area (Å²) in [7, 11) is 2.44. The molecule has 0 aliphatic heterocycles. The number of nitrogens with one attached hydrogen (secondary N) is 1. The number of hydrogen-bond acceptors (Lipinski definition) is 3. The Labute approximate surface area is 92.6 Å². The van der Waals surface area contributed by atoms with Gasteiger partial charge < -0.3 is 5.73 Å². The molecule has 0 bridgehead atoms. The smallest absolute Gasteiger partial charge is 0.234 e. The summed E-state index contributed by atoms with van der Waals surface area (Å²) in [5.41, 5.74) is 8.55. The van der Waals surface area contributed by atoms with Crippen LogP contribution in [0.2, 0.25) is 0 Å². The summed E-state index contributed by atoms with van der Waals surface area (Å²) in [5, 5.41) is 0. The molecule has 0 aliphatic carbocycles. The number of carbonyl (C=O) groups excluding carboxylic acids is 1. The van der Waals surface area contributed by atoms with E-state index in [1.54, 1.807) is 0 Å². The Morgan fingerprint density at radius 1 is 1.33 bits per heavy atom. The van der Waals surface area contributed by atoms with E-state index in [0.717, 1.165) is 6.16 Å². The van der Waals surface area contributed by atoms with Gasteiger partial charge in [0.05, 0.1) is 0 Å². The van der Waals surface area contributed by atoms with Gasteiger partial charge in [-0.15, -0.1) is 9.24 Å². The first kappa shape index (κ1) is 14.0. The summed E-state index contributed by atoms with van der Waals surface area (Å²) in [6, 6.07) is 9.99. The zero-order chi connectivity index (χ0) is 11.5. The Kier molecular flexibility index (Phi) is 8.98. The van der Waals surface area contributed by atoms with Crippen LogP contribution >= 0.6 is 9.24 Å². The Balaban J connectivity index is 0.000000265. The third-order valence-corrected chi connectivity index (χ3v) is 1.90. The Morgan fingerprint density at radius 2 is 1.93 bits per heavy atom. The van der Waals surface area contributed by atoms with E-state index in [1.165, 1.54) is 5.56 Å². The van der Waals surface area contributed by atoms with Crippen LogP contribution in [0.4, 0.5) is 0 Å². The number of hydrogen-bond donors (Lipinski definition) is 3. The van der Waals surface area contributed by atoms with Gasteiger partial charge in [0.1, 0.15) is 0 Å². The van der Waals surface area contributed by atoms with Gasteiger partial charge in [0.2, 0.25) is 5.91 Å². The Morgan fingerprint density at radius 3 is 2.20 bits per heavy atom. The molecule has 0 fully saturated rings. The standard InChI is InChI=1S/C7H9N.C3H9N2OP/c8-6-7-4-2-1-3-5-7;4-5-3(6)1-2-7/h1-5H,6,8H2;1-2,4,7H2,(H,5,6). The lowest BCUT2D eigenvalue weighted by atomic mass is 10.2. The number of nitrogens with two attached hydrogens (primary N) is 2. The molecule has 15 heavy (non-hydrogen) atoms. The van der Waals surface area contributed by atoms with E-state index in [2.05, 4.69) is 9.24 Å². The largest absolute Gasteiger partial charge is 0.326 e. The highest BCUT2D eigenvalue weighted by atomic mass is 31.0. The number of rotatable bonds is 3. The van der Waals surface area contributed by atoms with Crippen LogP contribution in [0.25, 0.3) is 0 Å². The lowest BCUT2D eigenvalue weighted by molar-refractivity contribution is -0.120. The molecule has 4 nitrogen and oxygen atoms in total. The topological polar surface area (TPSA) is 81.1 Å². The average molecular weight is 227 g/mol. The minimum atomic E-state index is -0.116. The molecule has 0 heterocycles. The number of benzene rings is 1. The van der Waals surface area contributed by atoms with Crippen molar-refractivity contribution in [2.75, 3.05) is 6.16 Å². The van der Waals surface area contributed by atoms with Gasteiger partial charge in [-0.2, -0.15) is 0 Å². The SMILES string of the molecule is NCc1ccccc1.NNC(=O)CCP. The van der Waals surface area contributed by atoms with E-state index in [4.69, 9.17) is 11.6 Å². The second-order valence-corrected chi connectivity index (χ2v) is 3.37. The van der Waals surface area contributed by atoms with Crippen molar-refractivity contribution in [2.45, 2.75) is 13.0 Å². The fraction of sp³-hybridized carbons (Fsp3) is 0.300. The van der Waals surface area contributed by atoms with Crippen molar-refractivity contribution in [3.63, 3.8) is 0 Å². The maximum absolute atomic E-state index is 10.2. The van der Waals surface area contributed by atoms with Crippen LogP contribution in [0.15, 0.2) is 30.3 Å². The van der Waals surface area contributed by atoms with Crippen molar-refractivity contribution >= 4 is 15.1 Å². The van der Waals surface area contributed by atoms with E-state index in [-0.39, 0.29) is 5.91 Å². The van der Waals surface area contributed by atoms with E-state index >= 15 is 0 Å². The minimum absolute atomic E-state index is 0.116. The normalized spacial score (nSPS) is 8.73. The first-order chi connectivity index (χ1) is 7.24. The Bertz CT molecular complexity index is 267. The van der Waals surface area contributed by atoms with Crippen molar-refractivity contribution in [1.82, 2.24) is 5.43 Å². The van der Waals surface area contributed by atoms with Crippen LogP contribution in [-0.4, -0.2) is 12.1 Å².